The molecule has 3 aromatic carbocycles. The van der Waals surface area contributed by atoms with Crippen LogP contribution < -0.4 is 4.74 Å². The first-order valence-electron chi connectivity index (χ1n) is 12.5. The summed E-state index contributed by atoms with van der Waals surface area (Å²) in [6, 6.07) is 21.2. The van der Waals surface area contributed by atoms with Gasteiger partial charge in [0, 0.05) is 30.5 Å². The highest BCUT2D eigenvalue weighted by Gasteiger charge is 2.18. The van der Waals surface area contributed by atoms with E-state index >= 15 is 0 Å². The second kappa shape index (κ2) is 10.0. The van der Waals surface area contributed by atoms with Crippen LogP contribution in [0.3, 0.4) is 0 Å². The summed E-state index contributed by atoms with van der Waals surface area (Å²) in [7, 11) is 0. The third kappa shape index (κ3) is 5.15. The number of ether oxygens (including phenoxy) is 1. The number of aromatic hydroxyl groups is 2. The Labute approximate surface area is 207 Å². The zero-order valence-corrected chi connectivity index (χ0v) is 20.6. The normalized spacial score (nSPS) is 16.6. The Balaban J connectivity index is 1.35. The third-order valence-electron chi connectivity index (χ3n) is 7.12. The molecule has 0 aliphatic carbocycles. The van der Waals surface area contributed by atoms with Crippen molar-refractivity contribution in [2.24, 2.45) is 5.92 Å². The van der Waals surface area contributed by atoms with Crippen molar-refractivity contribution in [3.05, 3.63) is 77.9 Å². The Bertz CT molecular complexity index is 1290. The maximum atomic E-state index is 10.1. The van der Waals surface area contributed by atoms with E-state index in [0.29, 0.717) is 13.2 Å². The molecule has 35 heavy (non-hydrogen) atoms. The minimum absolute atomic E-state index is 0.247. The lowest BCUT2D eigenvalue weighted by Gasteiger charge is -2.30. The standard InChI is InChI=1S/C30H34N2O3/c1-21-4-3-15-31(19-21)16-17-35-27-12-5-23(6-13-27)20-32-29-14-11-26(34)18-28(29)22(2)30(32)24-7-9-25(33)10-8-24/h5-14,18,21,33-34H,3-4,15-17,19-20H2,1-2H3. The Morgan fingerprint density at radius 3 is 2.43 bits per heavy atom. The maximum Gasteiger partial charge on any atom is 0.119 e. The predicted molar refractivity (Wildman–Crippen MR) is 141 cm³/mol. The van der Waals surface area contributed by atoms with Crippen LogP contribution in [0.15, 0.2) is 66.7 Å². The number of hydrogen-bond donors (Lipinski definition) is 2. The number of benzene rings is 3. The second-order valence-corrected chi connectivity index (χ2v) is 9.85. The van der Waals surface area contributed by atoms with Crippen LogP contribution in [0.2, 0.25) is 0 Å². The molecule has 1 aliphatic heterocycles. The molecule has 0 amide bonds. The number of phenolic OH excluding ortho intramolecular Hbond substituents is 2. The summed E-state index contributed by atoms with van der Waals surface area (Å²) < 4.78 is 8.32. The topological polar surface area (TPSA) is 57.9 Å². The minimum atomic E-state index is 0.247. The van der Waals surface area contributed by atoms with Crippen LogP contribution >= 0.6 is 0 Å². The van der Waals surface area contributed by atoms with Crippen molar-refractivity contribution in [1.82, 2.24) is 9.47 Å². The van der Waals surface area contributed by atoms with Crippen LogP contribution in [-0.4, -0.2) is 45.9 Å². The van der Waals surface area contributed by atoms with Gasteiger partial charge in [0.05, 0.1) is 5.69 Å². The number of phenols is 2. The summed E-state index contributed by atoms with van der Waals surface area (Å²) >= 11 is 0. The number of hydrogen-bond acceptors (Lipinski definition) is 4. The van der Waals surface area contributed by atoms with E-state index in [-0.39, 0.29) is 11.5 Å². The average molecular weight is 471 g/mol. The lowest BCUT2D eigenvalue weighted by molar-refractivity contribution is 0.153. The van der Waals surface area contributed by atoms with Crippen LogP contribution in [0.1, 0.15) is 30.9 Å². The maximum absolute atomic E-state index is 10.1. The highest BCUT2D eigenvalue weighted by Crippen LogP contribution is 2.36. The van der Waals surface area contributed by atoms with Gasteiger partial charge in [0.1, 0.15) is 23.9 Å². The van der Waals surface area contributed by atoms with E-state index in [1.54, 1.807) is 18.2 Å². The molecule has 2 N–H and O–H groups in total. The number of rotatable bonds is 7. The first-order valence-corrected chi connectivity index (χ1v) is 12.5. The van der Waals surface area contributed by atoms with Crippen LogP contribution in [-0.2, 0) is 6.54 Å². The van der Waals surface area contributed by atoms with Gasteiger partial charge < -0.3 is 19.5 Å². The largest absolute Gasteiger partial charge is 0.508 e. The van der Waals surface area contributed by atoms with Gasteiger partial charge in [-0.2, -0.15) is 0 Å². The van der Waals surface area contributed by atoms with Crippen LogP contribution in [0.25, 0.3) is 22.2 Å². The van der Waals surface area contributed by atoms with Gasteiger partial charge in [-0.25, -0.2) is 0 Å². The Morgan fingerprint density at radius 1 is 0.943 bits per heavy atom. The number of nitrogens with zero attached hydrogens (tertiary/aromatic N) is 2. The van der Waals surface area contributed by atoms with Crippen molar-refractivity contribution < 1.29 is 14.9 Å². The SMILES string of the molecule is Cc1c(-c2ccc(O)cc2)n(Cc2ccc(OCCN3CCCC(C)C3)cc2)c2ccc(O)cc12. The highest BCUT2D eigenvalue weighted by atomic mass is 16.5. The van der Waals surface area contributed by atoms with Gasteiger partial charge in [-0.05, 0) is 104 Å². The molecule has 0 bridgehead atoms. The molecule has 1 saturated heterocycles. The van der Waals surface area contributed by atoms with Crippen LogP contribution in [0.4, 0.5) is 0 Å². The lowest BCUT2D eigenvalue weighted by atomic mass is 10.0. The molecule has 5 nitrogen and oxygen atoms in total. The first-order chi connectivity index (χ1) is 17.0. The van der Waals surface area contributed by atoms with E-state index in [0.717, 1.165) is 45.9 Å². The van der Waals surface area contributed by atoms with Crippen molar-refractivity contribution in [3.63, 3.8) is 0 Å². The van der Waals surface area contributed by atoms with Gasteiger partial charge in [0.15, 0.2) is 0 Å². The number of likely N-dealkylation sites (tertiary alicyclic amines) is 1. The van der Waals surface area contributed by atoms with Crippen molar-refractivity contribution in [2.45, 2.75) is 33.2 Å². The molecular formula is C30H34N2O3. The van der Waals surface area contributed by atoms with Gasteiger partial charge in [-0.3, -0.25) is 4.90 Å². The fourth-order valence-electron chi connectivity index (χ4n) is 5.32. The van der Waals surface area contributed by atoms with Gasteiger partial charge in [0.25, 0.3) is 0 Å². The van der Waals surface area contributed by atoms with E-state index in [1.165, 1.54) is 31.5 Å². The molecule has 5 heteroatoms. The lowest BCUT2D eigenvalue weighted by Crippen LogP contribution is -2.37. The van der Waals surface area contributed by atoms with Gasteiger partial charge in [-0.15, -0.1) is 0 Å². The predicted octanol–water partition coefficient (Wildman–Crippen LogP) is 6.19. The molecule has 1 fully saturated rings. The van der Waals surface area contributed by atoms with Gasteiger partial charge >= 0.3 is 0 Å². The molecule has 4 aromatic rings. The molecule has 0 spiro atoms. The average Bonchev–Trinajstić information content (AvgIpc) is 3.11. The van der Waals surface area contributed by atoms with Crippen molar-refractivity contribution >= 4 is 10.9 Å². The monoisotopic (exact) mass is 470 g/mol. The minimum Gasteiger partial charge on any atom is -0.508 e. The number of piperidine rings is 1. The van der Waals surface area contributed by atoms with E-state index in [1.807, 2.05) is 24.3 Å². The fraction of sp³-hybridized carbons (Fsp3) is 0.333. The Morgan fingerprint density at radius 2 is 1.69 bits per heavy atom. The summed E-state index contributed by atoms with van der Waals surface area (Å²) in [6.07, 6.45) is 2.62. The molecule has 2 heterocycles. The van der Waals surface area contributed by atoms with E-state index in [9.17, 15) is 10.2 Å². The van der Waals surface area contributed by atoms with Crippen molar-refractivity contribution in [2.75, 3.05) is 26.2 Å². The number of fused-ring (bicyclic) bond motifs is 1. The van der Waals surface area contributed by atoms with Gasteiger partial charge in [0.2, 0.25) is 0 Å². The number of aryl methyl sites for hydroxylation is 1. The summed E-state index contributed by atoms with van der Waals surface area (Å²) in [5, 5.41) is 20.9. The molecule has 5 rings (SSSR count). The summed E-state index contributed by atoms with van der Waals surface area (Å²) in [5.41, 5.74) is 5.46. The van der Waals surface area contributed by atoms with Gasteiger partial charge in [-0.1, -0.05) is 19.1 Å². The quantitative estimate of drug-likeness (QED) is 0.338. The smallest absolute Gasteiger partial charge is 0.119 e. The van der Waals surface area contributed by atoms with E-state index in [4.69, 9.17) is 4.74 Å². The van der Waals surface area contributed by atoms with Crippen LogP contribution in [0, 0.1) is 12.8 Å². The van der Waals surface area contributed by atoms with E-state index < -0.39 is 0 Å². The molecule has 1 unspecified atom stereocenters. The van der Waals surface area contributed by atoms with Crippen molar-refractivity contribution in [1.29, 1.82) is 0 Å². The Hall–Kier alpha value is -3.44. The molecule has 182 valence electrons. The molecule has 0 saturated carbocycles. The summed E-state index contributed by atoms with van der Waals surface area (Å²) in [4.78, 5) is 2.50. The Kier molecular flexibility index (Phi) is 6.69. The van der Waals surface area contributed by atoms with Crippen molar-refractivity contribution in [3.8, 4) is 28.5 Å². The summed E-state index contributed by atoms with van der Waals surface area (Å²) in [6.45, 7) is 9.14. The first kappa shape index (κ1) is 23.3. The molecule has 1 aliphatic rings. The second-order valence-electron chi connectivity index (χ2n) is 9.85. The van der Waals surface area contributed by atoms with Crippen LogP contribution in [0.5, 0.6) is 17.2 Å². The number of aromatic nitrogens is 1. The molecule has 0 radical (unpaired) electrons. The zero-order valence-electron chi connectivity index (χ0n) is 20.6. The molecule has 1 atom stereocenters. The molecular weight excluding hydrogens is 436 g/mol. The van der Waals surface area contributed by atoms with E-state index in [2.05, 4.69) is 47.6 Å². The summed E-state index contributed by atoms with van der Waals surface area (Å²) in [5.74, 6) is 2.19. The zero-order chi connectivity index (χ0) is 24.4. The fourth-order valence-corrected chi connectivity index (χ4v) is 5.32. The highest BCUT2D eigenvalue weighted by molar-refractivity contribution is 5.92. The molecule has 1 aromatic heterocycles. The third-order valence-corrected chi connectivity index (χ3v) is 7.12.